The number of carbonyl (C=O) groups is 1. The van der Waals surface area contributed by atoms with Gasteiger partial charge in [0.2, 0.25) is 0 Å². The summed E-state index contributed by atoms with van der Waals surface area (Å²) < 4.78 is 5.09. The molecule has 1 aromatic rings. The number of hydrogen-bond acceptors (Lipinski definition) is 4. The first kappa shape index (κ1) is 14.4. The molecule has 1 rings (SSSR count). The molecule has 3 N–H and O–H groups in total. The van der Waals surface area contributed by atoms with Gasteiger partial charge in [0.25, 0.3) is 5.91 Å². The molecule has 1 atom stereocenters. The highest BCUT2D eigenvalue weighted by Gasteiger charge is 2.18. The van der Waals surface area contributed by atoms with Crippen LogP contribution in [0.3, 0.4) is 0 Å². The summed E-state index contributed by atoms with van der Waals surface area (Å²) in [5.41, 5.74) is 7.46. The fraction of sp³-hybridized carbons (Fsp3) is 0.538. The maximum atomic E-state index is 12.1. The lowest BCUT2D eigenvalue weighted by Gasteiger charge is -2.21. The summed E-state index contributed by atoms with van der Waals surface area (Å²) in [5.74, 6) is 0.0734. The van der Waals surface area contributed by atoms with Crippen molar-refractivity contribution in [1.82, 2.24) is 10.3 Å². The van der Waals surface area contributed by atoms with Gasteiger partial charge in [-0.2, -0.15) is 0 Å². The van der Waals surface area contributed by atoms with E-state index in [1.807, 2.05) is 20.8 Å². The van der Waals surface area contributed by atoms with Gasteiger partial charge in [0.15, 0.2) is 0 Å². The summed E-state index contributed by atoms with van der Waals surface area (Å²) in [6.07, 6.45) is 1.50. The summed E-state index contributed by atoms with van der Waals surface area (Å²) in [6, 6.07) is 1.65. The lowest BCUT2D eigenvalue weighted by atomic mass is 10.0. The molecule has 0 saturated carbocycles. The van der Waals surface area contributed by atoms with E-state index in [1.54, 1.807) is 13.2 Å². The largest absolute Gasteiger partial charge is 0.398 e. The molecule has 5 heteroatoms. The molecule has 0 radical (unpaired) electrons. The number of nitrogen functional groups attached to an aromatic ring is 1. The molecule has 0 aromatic carbocycles. The molecule has 100 valence electrons. The Morgan fingerprint density at radius 3 is 2.72 bits per heavy atom. The average molecular weight is 251 g/mol. The number of aromatic nitrogens is 1. The van der Waals surface area contributed by atoms with Crippen molar-refractivity contribution < 1.29 is 9.53 Å². The van der Waals surface area contributed by atoms with Gasteiger partial charge in [0, 0.05) is 24.7 Å². The molecule has 1 aromatic heterocycles. The van der Waals surface area contributed by atoms with E-state index in [0.717, 1.165) is 5.69 Å². The van der Waals surface area contributed by atoms with Crippen LogP contribution in [0.4, 0.5) is 5.69 Å². The Kier molecular flexibility index (Phi) is 5.09. The first-order valence-corrected chi connectivity index (χ1v) is 5.97. The molecule has 0 aliphatic rings. The molecular weight excluding hydrogens is 230 g/mol. The third-order valence-electron chi connectivity index (χ3n) is 2.78. The highest BCUT2D eigenvalue weighted by Crippen LogP contribution is 2.12. The number of amides is 1. The molecule has 5 nitrogen and oxygen atoms in total. The number of anilines is 1. The van der Waals surface area contributed by atoms with Crippen molar-refractivity contribution in [2.24, 2.45) is 5.92 Å². The summed E-state index contributed by atoms with van der Waals surface area (Å²) in [4.78, 5) is 16.2. The normalized spacial score (nSPS) is 12.5. The SMILES string of the molecule is COCC(NC(=O)c1cnc(C)cc1N)C(C)C. The van der Waals surface area contributed by atoms with Crippen LogP contribution in [0.25, 0.3) is 0 Å². The van der Waals surface area contributed by atoms with E-state index < -0.39 is 0 Å². The summed E-state index contributed by atoms with van der Waals surface area (Å²) >= 11 is 0. The van der Waals surface area contributed by atoms with E-state index in [0.29, 0.717) is 17.9 Å². The number of pyridine rings is 1. The molecule has 18 heavy (non-hydrogen) atoms. The molecule has 1 amide bonds. The first-order valence-electron chi connectivity index (χ1n) is 5.97. The Morgan fingerprint density at radius 2 is 2.22 bits per heavy atom. The number of nitrogens with zero attached hydrogens (tertiary/aromatic N) is 1. The Bertz CT molecular complexity index is 419. The van der Waals surface area contributed by atoms with Gasteiger partial charge in [-0.25, -0.2) is 0 Å². The number of nitrogens with two attached hydrogens (primary N) is 1. The standard InChI is InChI=1S/C13H21N3O2/c1-8(2)12(7-18-4)16-13(17)10-6-15-9(3)5-11(10)14/h5-6,8,12H,7H2,1-4H3,(H2,14,15)(H,16,17). The van der Waals surface area contributed by atoms with Crippen LogP contribution in [-0.2, 0) is 4.74 Å². The van der Waals surface area contributed by atoms with Crippen molar-refractivity contribution in [2.45, 2.75) is 26.8 Å². The third kappa shape index (κ3) is 3.70. The maximum Gasteiger partial charge on any atom is 0.255 e. The second-order valence-electron chi connectivity index (χ2n) is 4.69. The predicted molar refractivity (Wildman–Crippen MR) is 71.4 cm³/mol. The number of carbonyl (C=O) groups excluding carboxylic acids is 1. The highest BCUT2D eigenvalue weighted by atomic mass is 16.5. The molecule has 0 aliphatic carbocycles. The molecule has 1 unspecified atom stereocenters. The Labute approximate surface area is 108 Å². The summed E-state index contributed by atoms with van der Waals surface area (Å²) in [7, 11) is 1.61. The van der Waals surface area contributed by atoms with Crippen LogP contribution >= 0.6 is 0 Å². The quantitative estimate of drug-likeness (QED) is 0.828. The Morgan fingerprint density at radius 1 is 1.56 bits per heavy atom. The fourth-order valence-corrected chi connectivity index (χ4v) is 1.60. The van der Waals surface area contributed by atoms with Crippen LogP contribution in [0.5, 0.6) is 0 Å². The van der Waals surface area contributed by atoms with Crippen LogP contribution < -0.4 is 11.1 Å². The molecule has 0 bridgehead atoms. The van der Waals surface area contributed by atoms with Crippen molar-refractivity contribution in [2.75, 3.05) is 19.5 Å². The first-order chi connectivity index (χ1) is 8.45. The second-order valence-corrected chi connectivity index (χ2v) is 4.69. The van der Waals surface area contributed by atoms with Gasteiger partial charge in [-0.3, -0.25) is 9.78 Å². The van der Waals surface area contributed by atoms with Gasteiger partial charge < -0.3 is 15.8 Å². The van der Waals surface area contributed by atoms with Crippen LogP contribution in [-0.4, -0.2) is 30.6 Å². The lowest BCUT2D eigenvalue weighted by molar-refractivity contribution is 0.0867. The number of rotatable bonds is 5. The second kappa shape index (κ2) is 6.35. The zero-order valence-electron chi connectivity index (χ0n) is 11.4. The van der Waals surface area contributed by atoms with Crippen molar-refractivity contribution in [3.05, 3.63) is 23.5 Å². The van der Waals surface area contributed by atoms with Crippen LogP contribution in [0, 0.1) is 12.8 Å². The van der Waals surface area contributed by atoms with E-state index in [-0.39, 0.29) is 17.9 Å². The average Bonchev–Trinajstić information content (AvgIpc) is 2.27. The maximum absolute atomic E-state index is 12.1. The van der Waals surface area contributed by atoms with Crippen molar-refractivity contribution in [3.63, 3.8) is 0 Å². The Hall–Kier alpha value is -1.62. The van der Waals surface area contributed by atoms with Gasteiger partial charge in [-0.1, -0.05) is 13.8 Å². The number of ether oxygens (including phenoxy) is 1. The molecule has 0 fully saturated rings. The van der Waals surface area contributed by atoms with Gasteiger partial charge in [0.1, 0.15) is 0 Å². The van der Waals surface area contributed by atoms with Gasteiger partial charge in [-0.05, 0) is 18.9 Å². The zero-order valence-corrected chi connectivity index (χ0v) is 11.4. The minimum atomic E-state index is -0.212. The van der Waals surface area contributed by atoms with E-state index >= 15 is 0 Å². The van der Waals surface area contributed by atoms with E-state index in [2.05, 4.69) is 10.3 Å². The minimum absolute atomic E-state index is 0.0387. The number of aryl methyl sites for hydroxylation is 1. The molecule has 0 aliphatic heterocycles. The summed E-state index contributed by atoms with van der Waals surface area (Å²) in [5, 5.41) is 2.91. The van der Waals surface area contributed by atoms with Crippen molar-refractivity contribution in [3.8, 4) is 0 Å². The van der Waals surface area contributed by atoms with Crippen molar-refractivity contribution >= 4 is 11.6 Å². The molecule has 0 spiro atoms. The topological polar surface area (TPSA) is 77.2 Å². The van der Waals surface area contributed by atoms with Crippen LogP contribution in [0.1, 0.15) is 29.9 Å². The number of methoxy groups -OCH3 is 1. The Balaban J connectivity index is 2.80. The van der Waals surface area contributed by atoms with Crippen LogP contribution in [0.15, 0.2) is 12.3 Å². The van der Waals surface area contributed by atoms with Gasteiger partial charge in [0.05, 0.1) is 18.2 Å². The highest BCUT2D eigenvalue weighted by molar-refractivity contribution is 5.99. The monoisotopic (exact) mass is 251 g/mol. The smallest absolute Gasteiger partial charge is 0.255 e. The minimum Gasteiger partial charge on any atom is -0.398 e. The zero-order chi connectivity index (χ0) is 13.7. The van der Waals surface area contributed by atoms with E-state index in [1.165, 1.54) is 6.20 Å². The van der Waals surface area contributed by atoms with E-state index in [9.17, 15) is 4.79 Å². The lowest BCUT2D eigenvalue weighted by Crippen LogP contribution is -2.41. The van der Waals surface area contributed by atoms with E-state index in [4.69, 9.17) is 10.5 Å². The van der Waals surface area contributed by atoms with Crippen LogP contribution in [0.2, 0.25) is 0 Å². The molecule has 1 heterocycles. The molecular formula is C13H21N3O2. The van der Waals surface area contributed by atoms with Gasteiger partial charge in [-0.15, -0.1) is 0 Å². The van der Waals surface area contributed by atoms with Crippen molar-refractivity contribution in [1.29, 1.82) is 0 Å². The predicted octanol–water partition coefficient (Wildman–Crippen LogP) is 1.37. The summed E-state index contributed by atoms with van der Waals surface area (Å²) in [6.45, 7) is 6.37. The molecule has 0 saturated heterocycles. The number of nitrogens with one attached hydrogen (secondary N) is 1. The fourth-order valence-electron chi connectivity index (χ4n) is 1.60. The number of hydrogen-bond donors (Lipinski definition) is 2. The third-order valence-corrected chi connectivity index (χ3v) is 2.78. The van der Waals surface area contributed by atoms with Gasteiger partial charge >= 0.3 is 0 Å².